The van der Waals surface area contributed by atoms with Crippen LogP contribution in [0, 0.1) is 6.92 Å². The number of carbonyl (C=O) groups is 1. The van der Waals surface area contributed by atoms with Crippen LogP contribution in [-0.4, -0.2) is 18.6 Å². The minimum atomic E-state index is -0.202. The van der Waals surface area contributed by atoms with Crippen LogP contribution in [0.1, 0.15) is 17.7 Å². The lowest BCUT2D eigenvalue weighted by Crippen LogP contribution is -2.27. The quantitative estimate of drug-likeness (QED) is 0.630. The lowest BCUT2D eigenvalue weighted by Gasteiger charge is -2.09. The van der Waals surface area contributed by atoms with Gasteiger partial charge in [-0.15, -0.1) is 0 Å². The Balaban J connectivity index is 1.49. The number of ether oxygens (including phenoxy) is 1. The summed E-state index contributed by atoms with van der Waals surface area (Å²) in [5.74, 6) is 0.772. The second-order valence-electron chi connectivity index (χ2n) is 5.11. The molecule has 116 valence electrons. The molecule has 0 amide bonds. The number of esters is 1. The lowest BCUT2D eigenvalue weighted by molar-refractivity contribution is -0.139. The summed E-state index contributed by atoms with van der Waals surface area (Å²) in [6.45, 7) is 3.20. The molecule has 0 aliphatic carbocycles. The fourth-order valence-electron chi connectivity index (χ4n) is 2.17. The van der Waals surface area contributed by atoms with Crippen molar-refractivity contribution in [1.29, 1.82) is 0 Å². The second-order valence-corrected chi connectivity index (χ2v) is 6.02. The van der Waals surface area contributed by atoms with Gasteiger partial charge in [0.05, 0.1) is 12.9 Å². The van der Waals surface area contributed by atoms with E-state index in [1.165, 1.54) is 11.9 Å². The van der Waals surface area contributed by atoms with Crippen molar-refractivity contribution in [2.45, 2.75) is 30.8 Å². The van der Waals surface area contributed by atoms with Gasteiger partial charge in [-0.25, -0.2) is 4.72 Å². The Morgan fingerprint density at radius 1 is 1.27 bits per heavy atom. The third-order valence-electron chi connectivity index (χ3n) is 3.56. The number of anilines is 1. The molecule has 1 aliphatic rings. The molecule has 2 heterocycles. The van der Waals surface area contributed by atoms with E-state index in [4.69, 9.17) is 9.15 Å². The highest BCUT2D eigenvalue weighted by atomic mass is 32.2. The number of aryl methyl sites for hydroxylation is 1. The number of carbonyl (C=O) groups excluding carboxylic acids is 1. The van der Waals surface area contributed by atoms with Crippen LogP contribution in [0.5, 0.6) is 0 Å². The third kappa shape index (κ3) is 3.64. The third-order valence-corrected chi connectivity index (χ3v) is 4.47. The van der Waals surface area contributed by atoms with Crippen LogP contribution >= 0.6 is 11.9 Å². The highest BCUT2D eigenvalue weighted by Gasteiger charge is 2.25. The van der Waals surface area contributed by atoms with Gasteiger partial charge < -0.3 is 14.5 Å². The summed E-state index contributed by atoms with van der Waals surface area (Å²) in [6, 6.07) is 9.84. The molecule has 0 spiro atoms. The first-order valence-electron chi connectivity index (χ1n) is 7.18. The predicted molar refractivity (Wildman–Crippen MR) is 85.6 cm³/mol. The zero-order chi connectivity index (χ0) is 15.4. The molecule has 1 atom stereocenters. The first-order chi connectivity index (χ1) is 10.7. The van der Waals surface area contributed by atoms with Gasteiger partial charge in [-0.1, -0.05) is 0 Å². The molecular formula is C16H18N2O3S. The highest BCUT2D eigenvalue weighted by molar-refractivity contribution is 7.97. The Labute approximate surface area is 133 Å². The summed E-state index contributed by atoms with van der Waals surface area (Å²) in [5.41, 5.74) is 2.20. The fourth-order valence-corrected chi connectivity index (χ4v) is 2.94. The van der Waals surface area contributed by atoms with Gasteiger partial charge >= 0.3 is 5.97 Å². The molecule has 6 heteroatoms. The van der Waals surface area contributed by atoms with Crippen LogP contribution in [0.3, 0.4) is 0 Å². The fraction of sp³-hybridized carbons (Fsp3) is 0.312. The average molecular weight is 318 g/mol. The van der Waals surface area contributed by atoms with Crippen molar-refractivity contribution in [2.24, 2.45) is 0 Å². The summed E-state index contributed by atoms with van der Waals surface area (Å²) >= 11 is 1.45. The molecule has 3 rings (SSSR count). The van der Waals surface area contributed by atoms with E-state index in [0.29, 0.717) is 6.61 Å². The normalized spacial score (nSPS) is 17.5. The second kappa shape index (κ2) is 6.89. The van der Waals surface area contributed by atoms with Crippen molar-refractivity contribution in [3.63, 3.8) is 0 Å². The molecule has 22 heavy (non-hydrogen) atoms. The zero-order valence-corrected chi connectivity index (χ0v) is 13.1. The minimum absolute atomic E-state index is 0.165. The maximum atomic E-state index is 11.4. The van der Waals surface area contributed by atoms with E-state index in [2.05, 4.69) is 10.0 Å². The van der Waals surface area contributed by atoms with E-state index in [1.807, 2.05) is 37.3 Å². The van der Waals surface area contributed by atoms with E-state index in [9.17, 15) is 4.79 Å². The maximum Gasteiger partial charge on any atom is 0.324 e. The smallest absolute Gasteiger partial charge is 0.324 e. The minimum Gasteiger partial charge on any atom is -0.469 e. The number of hydrogen-bond acceptors (Lipinski definition) is 6. The number of hydrogen-bond donors (Lipinski definition) is 2. The Kier molecular flexibility index (Phi) is 4.70. The molecule has 5 nitrogen and oxygen atoms in total. The maximum absolute atomic E-state index is 11.4. The number of cyclic esters (lactones) is 1. The van der Waals surface area contributed by atoms with Crippen molar-refractivity contribution in [3.8, 4) is 0 Å². The van der Waals surface area contributed by atoms with Crippen molar-refractivity contribution < 1.29 is 13.9 Å². The molecule has 1 saturated heterocycles. The number of nitrogens with one attached hydrogen (secondary N) is 2. The van der Waals surface area contributed by atoms with E-state index in [1.54, 1.807) is 6.26 Å². The van der Waals surface area contributed by atoms with E-state index in [-0.39, 0.29) is 12.0 Å². The molecular weight excluding hydrogens is 300 g/mol. The lowest BCUT2D eigenvalue weighted by atomic mass is 10.2. The van der Waals surface area contributed by atoms with Crippen molar-refractivity contribution >= 4 is 23.6 Å². The largest absolute Gasteiger partial charge is 0.469 e. The SMILES string of the molecule is Cc1occc1CNc1ccc(SNC2CCOC2=O)cc1. The van der Waals surface area contributed by atoms with Crippen molar-refractivity contribution in [3.05, 3.63) is 47.9 Å². The number of furan rings is 1. The van der Waals surface area contributed by atoms with Gasteiger partial charge in [0.15, 0.2) is 0 Å². The highest BCUT2D eigenvalue weighted by Crippen LogP contribution is 2.21. The summed E-state index contributed by atoms with van der Waals surface area (Å²) in [6.07, 6.45) is 2.43. The molecule has 0 saturated carbocycles. The molecule has 1 fully saturated rings. The van der Waals surface area contributed by atoms with Gasteiger partial charge in [0.25, 0.3) is 0 Å². The number of rotatable bonds is 6. The van der Waals surface area contributed by atoms with Crippen LogP contribution < -0.4 is 10.0 Å². The molecule has 1 aromatic carbocycles. The van der Waals surface area contributed by atoms with Gasteiger partial charge in [0, 0.05) is 29.1 Å². The topological polar surface area (TPSA) is 63.5 Å². The van der Waals surface area contributed by atoms with Crippen LogP contribution in [0.4, 0.5) is 5.69 Å². The van der Waals surface area contributed by atoms with Gasteiger partial charge in [-0.05, 0) is 49.2 Å². The monoisotopic (exact) mass is 318 g/mol. The Morgan fingerprint density at radius 2 is 2.09 bits per heavy atom. The van der Waals surface area contributed by atoms with Crippen LogP contribution in [-0.2, 0) is 16.1 Å². The Bertz CT molecular complexity index is 639. The van der Waals surface area contributed by atoms with Crippen LogP contribution in [0.2, 0.25) is 0 Å². The van der Waals surface area contributed by atoms with E-state index in [0.717, 1.165) is 34.9 Å². The summed E-state index contributed by atoms with van der Waals surface area (Å²) in [5, 5.41) is 3.36. The molecule has 2 aromatic rings. The summed E-state index contributed by atoms with van der Waals surface area (Å²) < 4.78 is 13.3. The van der Waals surface area contributed by atoms with Gasteiger partial charge in [-0.2, -0.15) is 0 Å². The van der Waals surface area contributed by atoms with E-state index < -0.39 is 0 Å². The summed E-state index contributed by atoms with van der Waals surface area (Å²) in [4.78, 5) is 12.4. The molecule has 1 unspecified atom stereocenters. The van der Waals surface area contributed by atoms with Gasteiger partial charge in [-0.3, -0.25) is 4.79 Å². The predicted octanol–water partition coefficient (Wildman–Crippen LogP) is 3.11. The van der Waals surface area contributed by atoms with E-state index >= 15 is 0 Å². The summed E-state index contributed by atoms with van der Waals surface area (Å²) in [7, 11) is 0. The Hall–Kier alpha value is -1.92. The number of benzene rings is 1. The molecule has 1 aliphatic heterocycles. The van der Waals surface area contributed by atoms with Crippen LogP contribution in [0.15, 0.2) is 45.9 Å². The molecule has 1 aromatic heterocycles. The standard InChI is InChI=1S/C16H18N2O3S/c1-11-12(6-8-20-11)10-17-13-2-4-14(5-3-13)22-18-15-7-9-21-16(15)19/h2-6,8,15,17-18H,7,9-10H2,1H3. The van der Waals surface area contributed by atoms with Crippen LogP contribution in [0.25, 0.3) is 0 Å². The van der Waals surface area contributed by atoms with Crippen molar-refractivity contribution in [2.75, 3.05) is 11.9 Å². The van der Waals surface area contributed by atoms with Gasteiger partial charge in [0.2, 0.25) is 0 Å². The first-order valence-corrected chi connectivity index (χ1v) is 8.00. The molecule has 0 radical (unpaired) electrons. The molecule has 2 N–H and O–H groups in total. The van der Waals surface area contributed by atoms with Crippen molar-refractivity contribution in [1.82, 2.24) is 4.72 Å². The average Bonchev–Trinajstić information content (AvgIpc) is 3.12. The molecule has 0 bridgehead atoms. The van der Waals surface area contributed by atoms with Gasteiger partial charge in [0.1, 0.15) is 11.8 Å². The Morgan fingerprint density at radius 3 is 2.73 bits per heavy atom. The first kappa shape index (κ1) is 15.0. The zero-order valence-electron chi connectivity index (χ0n) is 12.3.